The van der Waals surface area contributed by atoms with Crippen molar-refractivity contribution in [1.29, 1.82) is 0 Å². The zero-order valence-corrected chi connectivity index (χ0v) is 22.6. The number of Topliss-reactive ketones (excluding diaryl/α,β-unsaturated/α-hetero) is 1. The molecular weight excluding hydrogens is 490 g/mol. The topological polar surface area (TPSA) is 115 Å². The van der Waals surface area contributed by atoms with Crippen molar-refractivity contribution in [3.63, 3.8) is 0 Å². The lowest BCUT2D eigenvalue weighted by Crippen LogP contribution is -2.85. The number of ether oxygens (including phenoxy) is 1. The first-order valence-corrected chi connectivity index (χ1v) is 14.8. The van der Waals surface area contributed by atoms with E-state index in [4.69, 9.17) is 9.72 Å². The number of anilines is 1. The highest BCUT2D eigenvalue weighted by molar-refractivity contribution is 7.15. The molecule has 1 aromatic heterocycles. The summed E-state index contributed by atoms with van der Waals surface area (Å²) in [6.45, 7) is 12.6. The minimum absolute atomic E-state index is 0.183. The molecule has 6 fully saturated rings. The summed E-state index contributed by atoms with van der Waals surface area (Å²) >= 11 is 1.66. The van der Waals surface area contributed by atoms with Crippen LogP contribution in [0.1, 0.15) is 56.5 Å². The Morgan fingerprint density at radius 1 is 1.19 bits per heavy atom. The number of carbonyl (C=O) groups is 1. The molecule has 4 aliphatic carbocycles. The van der Waals surface area contributed by atoms with Gasteiger partial charge in [0.1, 0.15) is 11.5 Å². The number of piperidine rings is 1. The van der Waals surface area contributed by atoms with Crippen LogP contribution in [0.25, 0.3) is 0 Å². The molecule has 8 atom stereocenters. The molecule has 0 aromatic carbocycles. The summed E-state index contributed by atoms with van der Waals surface area (Å²) in [4.78, 5) is 22.7. The minimum Gasteiger partial charge on any atom is -0.391 e. The number of ketones is 1. The van der Waals surface area contributed by atoms with E-state index in [2.05, 4.69) is 30.6 Å². The van der Waals surface area contributed by atoms with Crippen molar-refractivity contribution in [2.24, 2.45) is 28.6 Å². The third kappa shape index (κ3) is 2.81. The first kappa shape index (κ1) is 24.7. The molecule has 202 valence electrons. The Morgan fingerprint density at radius 2 is 1.95 bits per heavy atom. The zero-order valence-electron chi connectivity index (χ0n) is 21.8. The third-order valence-electron chi connectivity index (χ3n) is 11.0. The van der Waals surface area contributed by atoms with Crippen LogP contribution in [0.3, 0.4) is 0 Å². The van der Waals surface area contributed by atoms with Crippen LogP contribution >= 0.6 is 11.3 Å². The van der Waals surface area contributed by atoms with E-state index >= 15 is 0 Å². The number of thiazole rings is 1. The van der Waals surface area contributed by atoms with Gasteiger partial charge in [-0.05, 0) is 62.1 Å². The fourth-order valence-corrected chi connectivity index (χ4v) is 11.0. The molecule has 37 heavy (non-hydrogen) atoms. The van der Waals surface area contributed by atoms with Crippen LogP contribution < -0.4 is 5.32 Å². The number of likely N-dealkylation sites (tertiary alicyclic amines) is 1. The summed E-state index contributed by atoms with van der Waals surface area (Å²) in [5.74, 6) is -3.62. The summed E-state index contributed by atoms with van der Waals surface area (Å²) in [6.07, 6.45) is 3.43. The van der Waals surface area contributed by atoms with E-state index in [1.807, 2.05) is 0 Å². The number of nitrogens with one attached hydrogen (secondary N) is 1. The van der Waals surface area contributed by atoms with Crippen LogP contribution in [0.15, 0.2) is 12.2 Å². The summed E-state index contributed by atoms with van der Waals surface area (Å²) < 4.78 is 6.16. The Hall–Kier alpha value is -1.36. The molecule has 7 aliphatic rings. The van der Waals surface area contributed by atoms with Crippen molar-refractivity contribution in [1.82, 2.24) is 9.88 Å². The summed E-state index contributed by atoms with van der Waals surface area (Å²) in [5.41, 5.74) is -1.49. The number of rotatable bonds is 4. The summed E-state index contributed by atoms with van der Waals surface area (Å²) in [6, 6.07) is 0. The van der Waals surface area contributed by atoms with E-state index in [0.717, 1.165) is 48.3 Å². The van der Waals surface area contributed by atoms with Crippen molar-refractivity contribution >= 4 is 22.3 Å². The lowest BCUT2D eigenvalue weighted by atomic mass is 9.36. The second-order valence-corrected chi connectivity index (χ2v) is 14.2. The summed E-state index contributed by atoms with van der Waals surface area (Å²) in [5, 5.41) is 39.9. The second kappa shape index (κ2) is 7.86. The van der Waals surface area contributed by atoms with Gasteiger partial charge in [0.15, 0.2) is 10.9 Å². The van der Waals surface area contributed by atoms with Gasteiger partial charge in [-0.2, -0.15) is 0 Å². The standard InChI is InChI=1S/C28H39N3O5S/c1-15-16-7-8-18-26-14-36-28(35,27(18,21(15)32)22(16)33)23(34)19(26)25(2,3)13-17-20(26)30-24(37-17)29-9-12-31-10-5-4-6-11-31/h16,18-19,22-23,33-35H,1,4-14H2,2-3H3,(H,29,30)/t16?,18-,19+,22+,23-,26-,27-,28?/m0/s1. The number of hydrogen-bond donors (Lipinski definition) is 4. The molecule has 9 heteroatoms. The number of aromatic nitrogens is 1. The monoisotopic (exact) mass is 529 g/mol. The molecule has 3 aliphatic heterocycles. The molecule has 4 bridgehead atoms. The van der Waals surface area contributed by atoms with Crippen LogP contribution in [-0.2, 0) is 21.4 Å². The number of carbonyl (C=O) groups excluding carboxylic acids is 1. The van der Waals surface area contributed by atoms with E-state index in [-0.39, 0.29) is 29.6 Å². The quantitative estimate of drug-likeness (QED) is 0.439. The Kier molecular flexibility index (Phi) is 5.24. The first-order valence-electron chi connectivity index (χ1n) is 14.0. The molecule has 8 rings (SSSR count). The van der Waals surface area contributed by atoms with Gasteiger partial charge in [-0.1, -0.05) is 26.8 Å². The SMILES string of the molecule is C=C1C(=O)[C@]23[C@H](O)C1CC[C@H]2[C@@]12COC3(O)[C@@H](O)[C@@H]1C(C)(C)Cc1sc(NCCN3CCCCC3)nc12. The lowest BCUT2D eigenvalue weighted by Gasteiger charge is -2.73. The highest BCUT2D eigenvalue weighted by atomic mass is 32.1. The van der Waals surface area contributed by atoms with Crippen molar-refractivity contribution in [3.05, 3.63) is 22.7 Å². The maximum Gasteiger partial charge on any atom is 0.208 e. The van der Waals surface area contributed by atoms with Crippen molar-refractivity contribution in [2.45, 2.75) is 75.8 Å². The van der Waals surface area contributed by atoms with Gasteiger partial charge in [0.25, 0.3) is 0 Å². The van der Waals surface area contributed by atoms with Crippen LogP contribution in [0.5, 0.6) is 0 Å². The minimum atomic E-state index is -2.14. The maximum absolute atomic E-state index is 13.9. The molecule has 1 aromatic rings. The lowest BCUT2D eigenvalue weighted by molar-refractivity contribution is -0.429. The third-order valence-corrected chi connectivity index (χ3v) is 12.1. The van der Waals surface area contributed by atoms with Gasteiger partial charge in [-0.15, -0.1) is 11.3 Å². The van der Waals surface area contributed by atoms with E-state index in [0.29, 0.717) is 18.4 Å². The number of nitrogens with zero attached hydrogens (tertiary/aromatic N) is 2. The van der Waals surface area contributed by atoms with E-state index in [1.54, 1.807) is 11.3 Å². The highest BCUT2D eigenvalue weighted by Gasteiger charge is 2.86. The Balaban J connectivity index is 1.31. The average molecular weight is 530 g/mol. The Labute approximate surface area is 222 Å². The molecule has 2 spiro atoms. The van der Waals surface area contributed by atoms with Gasteiger partial charge in [-0.3, -0.25) is 4.79 Å². The van der Waals surface area contributed by atoms with E-state index in [9.17, 15) is 20.1 Å². The predicted molar refractivity (Wildman–Crippen MR) is 139 cm³/mol. The molecule has 2 unspecified atom stereocenters. The highest BCUT2D eigenvalue weighted by Crippen LogP contribution is 2.75. The summed E-state index contributed by atoms with van der Waals surface area (Å²) in [7, 11) is 0. The molecule has 8 nitrogen and oxygen atoms in total. The van der Waals surface area contributed by atoms with Crippen LogP contribution in [0, 0.1) is 28.6 Å². The fourth-order valence-electron chi connectivity index (χ4n) is 9.67. The van der Waals surface area contributed by atoms with Gasteiger partial charge >= 0.3 is 0 Å². The molecule has 0 radical (unpaired) electrons. The van der Waals surface area contributed by atoms with Crippen molar-refractivity contribution in [3.8, 4) is 0 Å². The Morgan fingerprint density at radius 3 is 2.70 bits per heavy atom. The zero-order chi connectivity index (χ0) is 26.0. The van der Waals surface area contributed by atoms with Gasteiger partial charge in [-0.25, -0.2) is 4.98 Å². The van der Waals surface area contributed by atoms with Crippen LogP contribution in [0.4, 0.5) is 5.13 Å². The fraction of sp³-hybridized carbons (Fsp3) is 0.786. The molecule has 0 amide bonds. The number of aliphatic hydroxyl groups is 3. The van der Waals surface area contributed by atoms with Crippen molar-refractivity contribution < 1.29 is 24.9 Å². The molecule has 4 heterocycles. The van der Waals surface area contributed by atoms with Gasteiger partial charge in [0.2, 0.25) is 5.79 Å². The van der Waals surface area contributed by atoms with Crippen LogP contribution in [0.2, 0.25) is 0 Å². The normalized spacial score (nSPS) is 45.9. The largest absolute Gasteiger partial charge is 0.391 e. The average Bonchev–Trinajstić information content (AvgIpc) is 3.30. The molecular formula is C28H39N3O5S. The Bertz CT molecular complexity index is 1160. The van der Waals surface area contributed by atoms with Gasteiger partial charge in [0, 0.05) is 35.2 Å². The van der Waals surface area contributed by atoms with Gasteiger partial charge < -0.3 is 30.3 Å². The second-order valence-electron chi connectivity index (χ2n) is 13.1. The van der Waals surface area contributed by atoms with Crippen molar-refractivity contribution in [2.75, 3.05) is 38.1 Å². The van der Waals surface area contributed by atoms with Gasteiger partial charge in [0.05, 0.1) is 18.4 Å². The van der Waals surface area contributed by atoms with Crippen LogP contribution in [-0.4, -0.2) is 81.8 Å². The molecule has 3 saturated heterocycles. The maximum atomic E-state index is 13.9. The predicted octanol–water partition coefficient (Wildman–Crippen LogP) is 2.08. The van der Waals surface area contributed by atoms with E-state index in [1.165, 1.54) is 19.3 Å². The number of aliphatic hydroxyl groups excluding tert-OH is 2. The first-order chi connectivity index (χ1) is 17.6. The number of fused-ring (bicyclic) bond motifs is 3. The smallest absolute Gasteiger partial charge is 0.208 e. The number of hydrogen-bond acceptors (Lipinski definition) is 9. The molecule has 4 N–H and O–H groups in total. The molecule has 3 saturated carbocycles. The van der Waals surface area contributed by atoms with E-state index < -0.39 is 34.7 Å².